The number of halogens is 1. The van der Waals surface area contributed by atoms with Crippen LogP contribution in [0, 0.1) is 15.9 Å². The predicted molar refractivity (Wildman–Crippen MR) is 72.2 cm³/mol. The van der Waals surface area contributed by atoms with Crippen molar-refractivity contribution >= 4 is 23.4 Å². The van der Waals surface area contributed by atoms with Crippen LogP contribution in [0.15, 0.2) is 18.2 Å². The van der Waals surface area contributed by atoms with Crippen molar-refractivity contribution in [2.75, 3.05) is 18.1 Å². The molecule has 1 unspecified atom stereocenters. The Morgan fingerprint density at radius 3 is 2.95 bits per heavy atom. The lowest BCUT2D eigenvalue weighted by molar-refractivity contribution is -0.387. The lowest BCUT2D eigenvalue weighted by Crippen LogP contribution is -2.46. The first-order valence-electron chi connectivity index (χ1n) is 5.96. The van der Waals surface area contributed by atoms with Crippen molar-refractivity contribution in [2.45, 2.75) is 12.6 Å². The van der Waals surface area contributed by atoms with Crippen LogP contribution < -0.4 is 0 Å². The Balaban J connectivity index is 2.14. The largest absolute Gasteiger partial charge is 0.480 e. The molecule has 1 aliphatic rings. The SMILES string of the molecule is O=C(O)C1CSCCN1Cc1ccc([N+](=O)[O-])c(F)c1. The number of rotatable bonds is 4. The molecule has 1 atom stereocenters. The molecule has 1 fully saturated rings. The number of nitro groups is 1. The second-order valence-electron chi connectivity index (χ2n) is 4.44. The maximum absolute atomic E-state index is 13.5. The number of carboxylic acids is 1. The highest BCUT2D eigenvalue weighted by atomic mass is 32.2. The van der Waals surface area contributed by atoms with E-state index >= 15 is 0 Å². The molecule has 0 saturated carbocycles. The van der Waals surface area contributed by atoms with E-state index in [4.69, 9.17) is 5.11 Å². The Bertz CT molecular complexity index is 540. The molecule has 1 aromatic carbocycles. The molecule has 8 heteroatoms. The standard InChI is InChI=1S/C12H13FN2O4S/c13-9-5-8(1-2-10(9)15(18)19)6-14-3-4-20-7-11(14)12(16)17/h1-2,5,11H,3-4,6-7H2,(H,16,17). The zero-order chi connectivity index (χ0) is 14.7. The third-order valence-electron chi connectivity index (χ3n) is 3.12. The van der Waals surface area contributed by atoms with E-state index in [0.29, 0.717) is 17.9 Å². The van der Waals surface area contributed by atoms with Crippen LogP contribution in [0.2, 0.25) is 0 Å². The number of nitrogens with zero attached hydrogens (tertiary/aromatic N) is 2. The summed E-state index contributed by atoms with van der Waals surface area (Å²) in [6.07, 6.45) is 0. The van der Waals surface area contributed by atoms with Crippen LogP contribution in [0.25, 0.3) is 0 Å². The topological polar surface area (TPSA) is 83.7 Å². The van der Waals surface area contributed by atoms with Crippen molar-refractivity contribution in [1.82, 2.24) is 4.90 Å². The van der Waals surface area contributed by atoms with E-state index in [1.165, 1.54) is 6.07 Å². The molecule has 1 N–H and O–H groups in total. The first kappa shape index (κ1) is 14.7. The minimum Gasteiger partial charge on any atom is -0.480 e. The van der Waals surface area contributed by atoms with Gasteiger partial charge >= 0.3 is 11.7 Å². The minimum atomic E-state index is -0.903. The van der Waals surface area contributed by atoms with Gasteiger partial charge in [0, 0.05) is 30.7 Å². The van der Waals surface area contributed by atoms with Crippen LogP contribution in [0.3, 0.4) is 0 Å². The molecule has 6 nitrogen and oxygen atoms in total. The molecule has 0 spiro atoms. The third kappa shape index (κ3) is 3.26. The highest BCUT2D eigenvalue weighted by Gasteiger charge is 2.29. The van der Waals surface area contributed by atoms with Gasteiger partial charge < -0.3 is 5.11 Å². The van der Waals surface area contributed by atoms with Gasteiger partial charge in [0.05, 0.1) is 4.92 Å². The molecule has 1 heterocycles. The molecular formula is C12H13FN2O4S. The van der Waals surface area contributed by atoms with Gasteiger partial charge in [-0.3, -0.25) is 19.8 Å². The third-order valence-corrected chi connectivity index (χ3v) is 4.14. The lowest BCUT2D eigenvalue weighted by atomic mass is 10.1. The summed E-state index contributed by atoms with van der Waals surface area (Å²) < 4.78 is 13.5. The van der Waals surface area contributed by atoms with Gasteiger partial charge in [0.15, 0.2) is 0 Å². The summed E-state index contributed by atoms with van der Waals surface area (Å²) >= 11 is 1.57. The molecule has 1 aromatic rings. The summed E-state index contributed by atoms with van der Waals surface area (Å²) in [6.45, 7) is 0.868. The molecule has 0 amide bonds. The smallest absolute Gasteiger partial charge is 0.321 e. The average Bonchev–Trinajstić information content (AvgIpc) is 2.38. The molecule has 2 rings (SSSR count). The van der Waals surface area contributed by atoms with Crippen LogP contribution in [0.1, 0.15) is 5.56 Å². The Morgan fingerprint density at radius 2 is 2.35 bits per heavy atom. The molecule has 0 radical (unpaired) electrons. The molecule has 20 heavy (non-hydrogen) atoms. The van der Waals surface area contributed by atoms with Gasteiger partial charge in [-0.05, 0) is 11.6 Å². The summed E-state index contributed by atoms with van der Waals surface area (Å²) in [4.78, 5) is 22.7. The Morgan fingerprint density at radius 1 is 1.60 bits per heavy atom. The summed E-state index contributed by atoms with van der Waals surface area (Å²) in [5.41, 5.74) is -0.0380. The second-order valence-corrected chi connectivity index (χ2v) is 5.59. The number of hydrogen-bond acceptors (Lipinski definition) is 5. The van der Waals surface area contributed by atoms with Crippen molar-refractivity contribution in [3.8, 4) is 0 Å². The first-order chi connectivity index (χ1) is 9.49. The number of carbonyl (C=O) groups is 1. The van der Waals surface area contributed by atoms with Crippen molar-refractivity contribution in [3.63, 3.8) is 0 Å². The Hall–Kier alpha value is -1.67. The van der Waals surface area contributed by atoms with Crippen molar-refractivity contribution < 1.29 is 19.2 Å². The molecule has 1 saturated heterocycles. The van der Waals surface area contributed by atoms with Crippen LogP contribution in [0.5, 0.6) is 0 Å². The fourth-order valence-electron chi connectivity index (χ4n) is 2.09. The quantitative estimate of drug-likeness (QED) is 0.673. The van der Waals surface area contributed by atoms with E-state index in [1.54, 1.807) is 16.7 Å². The summed E-state index contributed by atoms with van der Waals surface area (Å²) in [5, 5.41) is 19.7. The van der Waals surface area contributed by atoms with E-state index in [9.17, 15) is 19.3 Å². The zero-order valence-electron chi connectivity index (χ0n) is 10.5. The normalized spacial score (nSPS) is 19.8. The molecule has 0 aliphatic carbocycles. The van der Waals surface area contributed by atoms with Crippen LogP contribution >= 0.6 is 11.8 Å². The van der Waals surface area contributed by atoms with Gasteiger partial charge in [-0.2, -0.15) is 16.2 Å². The summed E-state index contributed by atoms with van der Waals surface area (Å²) in [5.74, 6) is -0.491. The number of hydrogen-bond donors (Lipinski definition) is 1. The fraction of sp³-hybridized carbons (Fsp3) is 0.417. The van der Waals surface area contributed by atoms with Gasteiger partial charge in [0.2, 0.25) is 5.82 Å². The average molecular weight is 300 g/mol. The monoisotopic (exact) mass is 300 g/mol. The Labute approximate surface area is 118 Å². The number of nitro benzene ring substituents is 1. The molecule has 0 bridgehead atoms. The van der Waals surface area contributed by atoms with Crippen molar-refractivity contribution in [1.29, 1.82) is 0 Å². The second kappa shape index (κ2) is 6.19. The van der Waals surface area contributed by atoms with E-state index in [0.717, 1.165) is 17.9 Å². The van der Waals surface area contributed by atoms with Gasteiger partial charge in [-0.15, -0.1) is 0 Å². The number of thioether (sulfide) groups is 1. The zero-order valence-corrected chi connectivity index (χ0v) is 11.3. The molecular weight excluding hydrogens is 287 g/mol. The number of carboxylic acid groups (broad SMARTS) is 1. The van der Waals surface area contributed by atoms with E-state index in [-0.39, 0.29) is 6.54 Å². The predicted octanol–water partition coefficient (Wildman–Crippen LogP) is 1.74. The van der Waals surface area contributed by atoms with Crippen LogP contribution in [0.4, 0.5) is 10.1 Å². The Kier molecular flexibility index (Phi) is 4.56. The fourth-order valence-corrected chi connectivity index (χ4v) is 3.19. The number of benzene rings is 1. The van der Waals surface area contributed by atoms with Gasteiger partial charge in [0.25, 0.3) is 0 Å². The minimum absolute atomic E-state index is 0.270. The van der Waals surface area contributed by atoms with Gasteiger partial charge in [-0.25, -0.2) is 0 Å². The van der Waals surface area contributed by atoms with E-state index in [2.05, 4.69) is 0 Å². The highest BCUT2D eigenvalue weighted by molar-refractivity contribution is 7.99. The van der Waals surface area contributed by atoms with Crippen molar-refractivity contribution in [2.24, 2.45) is 0 Å². The van der Waals surface area contributed by atoms with E-state index < -0.39 is 28.4 Å². The summed E-state index contributed by atoms with van der Waals surface area (Å²) in [7, 11) is 0. The van der Waals surface area contributed by atoms with Crippen LogP contribution in [-0.2, 0) is 11.3 Å². The first-order valence-corrected chi connectivity index (χ1v) is 7.12. The molecule has 0 aromatic heterocycles. The van der Waals surface area contributed by atoms with Crippen molar-refractivity contribution in [3.05, 3.63) is 39.7 Å². The maximum atomic E-state index is 13.5. The van der Waals surface area contributed by atoms with Crippen LogP contribution in [-0.4, -0.2) is 45.0 Å². The lowest BCUT2D eigenvalue weighted by Gasteiger charge is -2.32. The van der Waals surface area contributed by atoms with E-state index in [1.807, 2.05) is 0 Å². The number of aliphatic carboxylic acids is 1. The van der Waals surface area contributed by atoms with Gasteiger partial charge in [0.1, 0.15) is 6.04 Å². The summed E-state index contributed by atoms with van der Waals surface area (Å²) in [6, 6.07) is 3.06. The molecule has 108 valence electrons. The van der Waals surface area contributed by atoms with Gasteiger partial charge in [-0.1, -0.05) is 6.07 Å². The highest BCUT2D eigenvalue weighted by Crippen LogP contribution is 2.22. The molecule has 1 aliphatic heterocycles. The maximum Gasteiger partial charge on any atom is 0.321 e.